The fraction of sp³-hybridized carbons (Fsp3) is 0.500. The summed E-state index contributed by atoms with van der Waals surface area (Å²) in [5.41, 5.74) is 0.447. The summed E-state index contributed by atoms with van der Waals surface area (Å²) in [7, 11) is 1.28. The van der Waals surface area contributed by atoms with Crippen LogP contribution in [0.1, 0.15) is 37.6 Å². The molecule has 25 heavy (non-hydrogen) atoms. The quantitative estimate of drug-likeness (QED) is 0.512. The summed E-state index contributed by atoms with van der Waals surface area (Å²) in [5, 5.41) is 2.63. The summed E-state index contributed by atoms with van der Waals surface area (Å²) in [6.07, 6.45) is 1.41. The minimum Gasteiger partial charge on any atom is -0.490 e. The molecule has 0 saturated heterocycles. The van der Waals surface area contributed by atoms with Gasteiger partial charge in [-0.25, -0.2) is 4.79 Å². The maximum atomic E-state index is 12.1. The molecule has 7 nitrogen and oxygen atoms in total. The molecule has 138 valence electrons. The highest BCUT2D eigenvalue weighted by atomic mass is 16.5. The SMILES string of the molecule is CCOc1cc(C=O)ccc1OCC(=O)N[C@H](C(=O)OC)[C@H](C)CC. The van der Waals surface area contributed by atoms with E-state index in [1.807, 2.05) is 13.8 Å². The highest BCUT2D eigenvalue weighted by Gasteiger charge is 2.26. The maximum Gasteiger partial charge on any atom is 0.328 e. The van der Waals surface area contributed by atoms with Crippen LogP contribution in [0.4, 0.5) is 0 Å². The lowest BCUT2D eigenvalue weighted by molar-refractivity contribution is -0.146. The zero-order valence-electron chi connectivity index (χ0n) is 15.0. The molecule has 0 saturated carbocycles. The number of carbonyl (C=O) groups excluding carboxylic acids is 3. The highest BCUT2D eigenvalue weighted by Crippen LogP contribution is 2.28. The van der Waals surface area contributed by atoms with Crippen LogP contribution in [-0.2, 0) is 14.3 Å². The van der Waals surface area contributed by atoms with Gasteiger partial charge in [-0.15, -0.1) is 0 Å². The zero-order valence-corrected chi connectivity index (χ0v) is 15.0. The first-order chi connectivity index (χ1) is 12.0. The molecule has 1 amide bonds. The molecule has 1 aromatic carbocycles. The molecule has 0 aliphatic rings. The molecule has 0 aromatic heterocycles. The Kier molecular flexibility index (Phi) is 8.46. The molecule has 0 bridgehead atoms. The zero-order chi connectivity index (χ0) is 18.8. The van der Waals surface area contributed by atoms with E-state index in [4.69, 9.17) is 14.2 Å². The minimum atomic E-state index is -0.727. The number of aldehydes is 1. The van der Waals surface area contributed by atoms with Crippen molar-refractivity contribution in [2.24, 2.45) is 5.92 Å². The number of esters is 1. The van der Waals surface area contributed by atoms with Gasteiger partial charge in [-0.05, 0) is 31.0 Å². The third-order valence-electron chi connectivity index (χ3n) is 3.75. The van der Waals surface area contributed by atoms with Crippen LogP contribution in [0.5, 0.6) is 11.5 Å². The smallest absolute Gasteiger partial charge is 0.328 e. The Balaban J connectivity index is 2.74. The summed E-state index contributed by atoms with van der Waals surface area (Å²) in [6, 6.07) is 3.95. The second-order valence-electron chi connectivity index (χ2n) is 5.50. The summed E-state index contributed by atoms with van der Waals surface area (Å²) in [4.78, 5) is 34.8. The third kappa shape index (κ3) is 6.10. The second-order valence-corrected chi connectivity index (χ2v) is 5.50. The Bertz CT molecular complexity index is 601. The first-order valence-corrected chi connectivity index (χ1v) is 8.18. The lowest BCUT2D eigenvalue weighted by atomic mass is 9.99. The highest BCUT2D eigenvalue weighted by molar-refractivity contribution is 5.85. The Labute approximate surface area is 147 Å². The number of amides is 1. The molecule has 0 aliphatic heterocycles. The predicted octanol–water partition coefficient (Wildman–Crippen LogP) is 1.98. The third-order valence-corrected chi connectivity index (χ3v) is 3.75. The van der Waals surface area contributed by atoms with E-state index in [9.17, 15) is 14.4 Å². The van der Waals surface area contributed by atoms with Crippen molar-refractivity contribution in [1.29, 1.82) is 0 Å². The van der Waals surface area contributed by atoms with Crippen LogP contribution in [0.2, 0.25) is 0 Å². The molecule has 1 aromatic rings. The van der Waals surface area contributed by atoms with Gasteiger partial charge in [0.2, 0.25) is 0 Å². The number of nitrogens with one attached hydrogen (secondary N) is 1. The van der Waals surface area contributed by atoms with Crippen LogP contribution in [0, 0.1) is 5.92 Å². The fourth-order valence-electron chi connectivity index (χ4n) is 2.14. The molecular formula is C18H25NO6. The van der Waals surface area contributed by atoms with Crippen molar-refractivity contribution < 1.29 is 28.6 Å². The summed E-state index contributed by atoms with van der Waals surface area (Å²) < 4.78 is 15.6. The van der Waals surface area contributed by atoms with E-state index in [1.54, 1.807) is 25.1 Å². The van der Waals surface area contributed by atoms with Crippen LogP contribution in [0.25, 0.3) is 0 Å². The van der Waals surface area contributed by atoms with Gasteiger partial charge in [0.15, 0.2) is 18.1 Å². The average Bonchev–Trinajstić information content (AvgIpc) is 2.63. The number of rotatable bonds is 10. The first-order valence-electron chi connectivity index (χ1n) is 8.18. The van der Waals surface area contributed by atoms with E-state index in [-0.39, 0.29) is 12.5 Å². The van der Waals surface area contributed by atoms with Crippen LogP contribution in [0.3, 0.4) is 0 Å². The molecule has 1 rings (SSSR count). The Morgan fingerprint density at radius 2 is 1.92 bits per heavy atom. The Hall–Kier alpha value is -2.57. The molecule has 2 atom stereocenters. The van der Waals surface area contributed by atoms with Gasteiger partial charge in [-0.2, -0.15) is 0 Å². The van der Waals surface area contributed by atoms with Crippen LogP contribution in [0.15, 0.2) is 18.2 Å². The maximum absolute atomic E-state index is 12.1. The van der Waals surface area contributed by atoms with Gasteiger partial charge >= 0.3 is 5.97 Å². The number of methoxy groups -OCH3 is 1. The molecule has 0 aliphatic carbocycles. The second kappa shape index (κ2) is 10.3. The largest absolute Gasteiger partial charge is 0.490 e. The van der Waals surface area contributed by atoms with E-state index < -0.39 is 17.9 Å². The monoisotopic (exact) mass is 351 g/mol. The Morgan fingerprint density at radius 1 is 1.20 bits per heavy atom. The van der Waals surface area contributed by atoms with Crippen molar-refractivity contribution in [1.82, 2.24) is 5.32 Å². The number of hydrogen-bond donors (Lipinski definition) is 1. The fourth-order valence-corrected chi connectivity index (χ4v) is 2.14. The summed E-state index contributed by atoms with van der Waals surface area (Å²) >= 11 is 0. The van der Waals surface area contributed by atoms with Gasteiger partial charge in [0.1, 0.15) is 12.3 Å². The van der Waals surface area contributed by atoms with Crippen molar-refractivity contribution in [3.8, 4) is 11.5 Å². The van der Waals surface area contributed by atoms with Crippen LogP contribution >= 0.6 is 0 Å². The number of ether oxygens (including phenoxy) is 3. The van der Waals surface area contributed by atoms with E-state index >= 15 is 0 Å². The van der Waals surface area contributed by atoms with Gasteiger partial charge in [-0.3, -0.25) is 9.59 Å². The standard InChI is InChI=1S/C18H25NO6/c1-5-12(3)17(18(22)23-4)19-16(21)11-25-14-8-7-13(10-20)9-15(14)24-6-2/h7-10,12,17H,5-6,11H2,1-4H3,(H,19,21)/t12-,17+/m1/s1. The molecule has 1 N–H and O–H groups in total. The lowest BCUT2D eigenvalue weighted by Crippen LogP contribution is -2.47. The van der Waals surface area contributed by atoms with Crippen LogP contribution < -0.4 is 14.8 Å². The normalized spacial score (nSPS) is 12.6. The number of benzene rings is 1. The average molecular weight is 351 g/mol. The molecular weight excluding hydrogens is 326 g/mol. The van der Waals surface area contributed by atoms with Gasteiger partial charge in [0.25, 0.3) is 5.91 Å². The topological polar surface area (TPSA) is 90.9 Å². The van der Waals surface area contributed by atoms with Gasteiger partial charge in [0, 0.05) is 5.56 Å². The van der Waals surface area contributed by atoms with Gasteiger partial charge in [-0.1, -0.05) is 20.3 Å². The molecule has 0 heterocycles. The van der Waals surface area contributed by atoms with Crippen molar-refractivity contribution in [2.45, 2.75) is 33.2 Å². The van der Waals surface area contributed by atoms with E-state index in [2.05, 4.69) is 5.32 Å². The van der Waals surface area contributed by atoms with Crippen LogP contribution in [-0.4, -0.2) is 44.5 Å². The molecule has 0 unspecified atom stereocenters. The summed E-state index contributed by atoms with van der Waals surface area (Å²) in [5.74, 6) is -0.278. The van der Waals surface area contributed by atoms with Gasteiger partial charge < -0.3 is 19.5 Å². The van der Waals surface area contributed by atoms with E-state index in [1.165, 1.54) is 7.11 Å². The van der Waals surface area contributed by atoms with Crippen molar-refractivity contribution in [3.05, 3.63) is 23.8 Å². The lowest BCUT2D eigenvalue weighted by Gasteiger charge is -2.22. The van der Waals surface area contributed by atoms with Gasteiger partial charge in [0.05, 0.1) is 13.7 Å². The molecule has 0 fully saturated rings. The molecule has 0 radical (unpaired) electrons. The molecule has 0 spiro atoms. The Morgan fingerprint density at radius 3 is 2.48 bits per heavy atom. The number of hydrogen-bond acceptors (Lipinski definition) is 6. The summed E-state index contributed by atoms with van der Waals surface area (Å²) in [6.45, 7) is 5.69. The van der Waals surface area contributed by atoms with E-state index in [0.29, 0.717) is 36.4 Å². The van der Waals surface area contributed by atoms with Crippen molar-refractivity contribution in [3.63, 3.8) is 0 Å². The van der Waals surface area contributed by atoms with Crippen molar-refractivity contribution >= 4 is 18.2 Å². The predicted molar refractivity (Wildman–Crippen MR) is 91.9 cm³/mol. The minimum absolute atomic E-state index is 0.0674. The van der Waals surface area contributed by atoms with E-state index in [0.717, 1.165) is 0 Å². The molecule has 7 heteroatoms. The number of carbonyl (C=O) groups is 3. The first kappa shape index (κ1) is 20.5. The van der Waals surface area contributed by atoms with Crippen molar-refractivity contribution in [2.75, 3.05) is 20.3 Å².